The highest BCUT2D eigenvalue weighted by atomic mass is 32.1. The van der Waals surface area contributed by atoms with Gasteiger partial charge in [-0.25, -0.2) is 4.98 Å². The Labute approximate surface area is 78.8 Å². The number of nitrogens with one attached hydrogen (secondary N) is 1. The molecule has 2 heterocycles. The van der Waals surface area contributed by atoms with Crippen molar-refractivity contribution in [3.8, 4) is 0 Å². The highest BCUT2D eigenvalue weighted by Crippen LogP contribution is 2.00. The van der Waals surface area contributed by atoms with Gasteiger partial charge >= 0.3 is 0 Å². The maximum absolute atomic E-state index is 4.59. The van der Waals surface area contributed by atoms with E-state index in [4.69, 9.17) is 0 Å². The summed E-state index contributed by atoms with van der Waals surface area (Å²) in [5.74, 6) is 0.662. The lowest BCUT2D eigenvalue weighted by Gasteiger charge is -1.96. The van der Waals surface area contributed by atoms with Crippen molar-refractivity contribution in [2.24, 2.45) is 0 Å². The van der Waals surface area contributed by atoms with Crippen LogP contribution in [0.15, 0.2) is 21.8 Å². The minimum atomic E-state index is 0.605. The molecule has 0 spiro atoms. The second-order valence-corrected chi connectivity index (χ2v) is 3.15. The predicted octanol–water partition coefficient (Wildman–Crippen LogP) is 0.816. The van der Waals surface area contributed by atoms with Crippen molar-refractivity contribution in [1.29, 1.82) is 0 Å². The topological polar surface area (TPSA) is 63.8 Å². The molecular weight excluding hydrogens is 188 g/mol. The highest BCUT2D eigenvalue weighted by molar-refractivity contribution is 7.07. The van der Waals surface area contributed by atoms with E-state index in [2.05, 4.69) is 25.0 Å². The van der Waals surface area contributed by atoms with E-state index in [9.17, 15) is 0 Å². The summed E-state index contributed by atoms with van der Waals surface area (Å²) in [5, 5.41) is 8.82. The van der Waals surface area contributed by atoms with Crippen molar-refractivity contribution in [1.82, 2.24) is 20.4 Å². The fraction of sp³-hybridized carbons (Fsp3) is 0.286. The molecule has 1 N–H and O–H groups in total. The molecule has 2 rings (SSSR count). The van der Waals surface area contributed by atoms with Gasteiger partial charge in [-0.1, -0.05) is 5.16 Å². The first-order valence-corrected chi connectivity index (χ1v) is 4.72. The van der Waals surface area contributed by atoms with Gasteiger partial charge in [0.2, 0.25) is 6.39 Å². The molecule has 0 bridgehead atoms. The smallest absolute Gasteiger partial charge is 0.213 e. The maximum atomic E-state index is 4.59. The lowest BCUT2D eigenvalue weighted by atomic mass is 10.5. The van der Waals surface area contributed by atoms with Gasteiger partial charge in [0.05, 0.1) is 17.7 Å². The third kappa shape index (κ3) is 2.33. The molecule has 0 amide bonds. The summed E-state index contributed by atoms with van der Waals surface area (Å²) in [6.07, 6.45) is 1.32. The summed E-state index contributed by atoms with van der Waals surface area (Å²) in [7, 11) is 0. The summed E-state index contributed by atoms with van der Waals surface area (Å²) < 4.78 is 4.59. The Hall–Kier alpha value is -1.27. The Morgan fingerprint density at radius 3 is 3.08 bits per heavy atom. The molecule has 13 heavy (non-hydrogen) atoms. The van der Waals surface area contributed by atoms with E-state index >= 15 is 0 Å². The van der Waals surface area contributed by atoms with Crippen LogP contribution in [-0.4, -0.2) is 15.1 Å². The molecule has 2 aromatic heterocycles. The Morgan fingerprint density at radius 1 is 1.38 bits per heavy atom. The monoisotopic (exact) mass is 196 g/mol. The van der Waals surface area contributed by atoms with E-state index in [1.165, 1.54) is 6.39 Å². The molecular formula is C7H8N4OS. The van der Waals surface area contributed by atoms with Gasteiger partial charge in [0.25, 0.3) is 0 Å². The second-order valence-electron chi connectivity index (χ2n) is 2.43. The summed E-state index contributed by atoms with van der Waals surface area (Å²) >= 11 is 1.59. The van der Waals surface area contributed by atoms with E-state index in [1.54, 1.807) is 11.3 Å². The van der Waals surface area contributed by atoms with Gasteiger partial charge in [-0.15, -0.1) is 11.3 Å². The Morgan fingerprint density at radius 2 is 2.38 bits per heavy atom. The van der Waals surface area contributed by atoms with Crippen molar-refractivity contribution in [2.45, 2.75) is 13.1 Å². The largest absolute Gasteiger partial charge is 0.343 e. The van der Waals surface area contributed by atoms with E-state index in [0.717, 1.165) is 12.2 Å². The standard InChI is InChI=1S/C7H8N4OS/c1(6-3-13-5-10-6)8-2-7-9-4-12-11-7/h3-5,8H,1-2H2. The van der Waals surface area contributed by atoms with Crippen LogP contribution in [0, 0.1) is 0 Å². The molecule has 68 valence electrons. The van der Waals surface area contributed by atoms with Crippen molar-refractivity contribution in [2.75, 3.05) is 0 Å². The van der Waals surface area contributed by atoms with Gasteiger partial charge in [0, 0.05) is 11.9 Å². The molecule has 0 aliphatic heterocycles. The van der Waals surface area contributed by atoms with Crippen LogP contribution in [0.2, 0.25) is 0 Å². The normalized spacial score (nSPS) is 10.5. The molecule has 0 radical (unpaired) electrons. The first-order valence-electron chi connectivity index (χ1n) is 3.78. The van der Waals surface area contributed by atoms with Crippen LogP contribution in [0.4, 0.5) is 0 Å². The number of nitrogens with zero attached hydrogens (tertiary/aromatic N) is 3. The summed E-state index contributed by atoms with van der Waals surface area (Å²) in [6.45, 7) is 1.34. The summed E-state index contributed by atoms with van der Waals surface area (Å²) in [4.78, 5) is 8.00. The van der Waals surface area contributed by atoms with Crippen LogP contribution >= 0.6 is 11.3 Å². The second kappa shape index (κ2) is 4.11. The molecule has 2 aromatic rings. The molecule has 0 unspecified atom stereocenters. The van der Waals surface area contributed by atoms with Crippen molar-refractivity contribution < 1.29 is 4.52 Å². The van der Waals surface area contributed by atoms with E-state index in [0.29, 0.717) is 12.4 Å². The zero-order chi connectivity index (χ0) is 8.93. The van der Waals surface area contributed by atoms with Crippen LogP contribution in [-0.2, 0) is 13.1 Å². The van der Waals surface area contributed by atoms with Gasteiger partial charge in [0.1, 0.15) is 0 Å². The number of rotatable bonds is 4. The number of thiazole rings is 1. The zero-order valence-electron chi connectivity index (χ0n) is 6.80. The molecule has 0 saturated carbocycles. The van der Waals surface area contributed by atoms with Crippen LogP contribution in [0.3, 0.4) is 0 Å². The van der Waals surface area contributed by atoms with Crippen LogP contribution in [0.25, 0.3) is 0 Å². The number of hydrogen-bond acceptors (Lipinski definition) is 6. The Bertz CT molecular complexity index is 297. The molecule has 0 aliphatic rings. The highest BCUT2D eigenvalue weighted by Gasteiger charge is 1.98. The fourth-order valence-corrected chi connectivity index (χ4v) is 1.46. The van der Waals surface area contributed by atoms with Crippen LogP contribution in [0.1, 0.15) is 11.5 Å². The molecule has 0 atom stereocenters. The SMILES string of the molecule is c1nc(CNCc2cscn2)no1. The average molecular weight is 196 g/mol. The molecule has 5 nitrogen and oxygen atoms in total. The summed E-state index contributed by atoms with van der Waals surface area (Å²) in [5.41, 5.74) is 2.85. The lowest BCUT2D eigenvalue weighted by molar-refractivity contribution is 0.407. The van der Waals surface area contributed by atoms with E-state index < -0.39 is 0 Å². The molecule has 0 aliphatic carbocycles. The average Bonchev–Trinajstić information content (AvgIpc) is 2.75. The Kier molecular flexibility index (Phi) is 2.63. The minimum Gasteiger partial charge on any atom is -0.343 e. The third-order valence-corrected chi connectivity index (χ3v) is 2.11. The first-order chi connectivity index (χ1) is 6.45. The number of aromatic nitrogens is 3. The van der Waals surface area contributed by atoms with E-state index in [1.807, 2.05) is 10.9 Å². The van der Waals surface area contributed by atoms with Gasteiger partial charge in [-0.05, 0) is 0 Å². The molecule has 0 fully saturated rings. The van der Waals surface area contributed by atoms with Crippen LogP contribution in [0.5, 0.6) is 0 Å². The fourth-order valence-electron chi connectivity index (χ4n) is 0.898. The predicted molar refractivity (Wildman–Crippen MR) is 47.0 cm³/mol. The lowest BCUT2D eigenvalue weighted by Crippen LogP contribution is -2.13. The van der Waals surface area contributed by atoms with Gasteiger partial charge in [-0.3, -0.25) is 0 Å². The Balaban J connectivity index is 1.76. The van der Waals surface area contributed by atoms with Gasteiger partial charge in [-0.2, -0.15) is 4.98 Å². The van der Waals surface area contributed by atoms with Crippen LogP contribution < -0.4 is 5.32 Å². The molecule has 0 aromatic carbocycles. The van der Waals surface area contributed by atoms with Gasteiger partial charge in [0.15, 0.2) is 5.82 Å². The molecule has 6 heteroatoms. The van der Waals surface area contributed by atoms with Crippen molar-refractivity contribution in [3.05, 3.63) is 28.8 Å². The number of hydrogen-bond donors (Lipinski definition) is 1. The summed E-state index contributed by atoms with van der Waals surface area (Å²) in [6, 6.07) is 0. The quantitative estimate of drug-likeness (QED) is 0.784. The van der Waals surface area contributed by atoms with Crippen molar-refractivity contribution in [3.63, 3.8) is 0 Å². The van der Waals surface area contributed by atoms with Crippen molar-refractivity contribution >= 4 is 11.3 Å². The third-order valence-electron chi connectivity index (χ3n) is 1.48. The minimum absolute atomic E-state index is 0.605. The van der Waals surface area contributed by atoms with Gasteiger partial charge < -0.3 is 9.84 Å². The maximum Gasteiger partial charge on any atom is 0.213 e. The first kappa shape index (κ1) is 8.33. The molecule has 0 saturated heterocycles. The zero-order valence-corrected chi connectivity index (χ0v) is 7.62. The van der Waals surface area contributed by atoms with E-state index in [-0.39, 0.29) is 0 Å².